The first kappa shape index (κ1) is 14.3. The molecule has 0 saturated carbocycles. The summed E-state index contributed by atoms with van der Waals surface area (Å²) in [6, 6.07) is 4.33. The highest BCUT2D eigenvalue weighted by molar-refractivity contribution is 5.85. The number of aryl methyl sites for hydroxylation is 2. The van der Waals surface area contributed by atoms with Crippen molar-refractivity contribution >= 4 is 12.4 Å². The second kappa shape index (κ2) is 5.99. The van der Waals surface area contributed by atoms with E-state index in [9.17, 15) is 0 Å². The van der Waals surface area contributed by atoms with Crippen LogP contribution in [0.25, 0.3) is 0 Å². The first-order chi connectivity index (χ1) is 6.54. The maximum Gasteiger partial charge on any atom is 0.119 e. The number of hydrogen-bond acceptors (Lipinski definition) is 2. The van der Waals surface area contributed by atoms with E-state index in [1.807, 2.05) is 6.92 Å². The smallest absolute Gasteiger partial charge is 0.119 e. The third-order valence-electron chi connectivity index (χ3n) is 2.43. The molecular weight excluding hydrogens is 210 g/mol. The number of ether oxygens (including phenoxy) is 1. The van der Waals surface area contributed by atoms with E-state index >= 15 is 0 Å². The van der Waals surface area contributed by atoms with E-state index in [0.717, 1.165) is 12.2 Å². The predicted octanol–water partition coefficient (Wildman–Crippen LogP) is 2.62. The van der Waals surface area contributed by atoms with Crippen LogP contribution in [0.5, 0.6) is 5.75 Å². The van der Waals surface area contributed by atoms with E-state index in [2.05, 4.69) is 26.0 Å². The van der Waals surface area contributed by atoms with Crippen molar-refractivity contribution in [1.82, 2.24) is 0 Å². The molecule has 0 amide bonds. The van der Waals surface area contributed by atoms with Gasteiger partial charge in [-0.25, -0.2) is 0 Å². The van der Waals surface area contributed by atoms with Crippen LogP contribution in [0.4, 0.5) is 0 Å². The van der Waals surface area contributed by atoms with Crippen LogP contribution in [0.15, 0.2) is 12.1 Å². The van der Waals surface area contributed by atoms with E-state index in [0.29, 0.717) is 0 Å². The monoisotopic (exact) mass is 229 g/mol. The first-order valence-corrected chi connectivity index (χ1v) is 4.94. The van der Waals surface area contributed by atoms with Crippen LogP contribution < -0.4 is 10.5 Å². The van der Waals surface area contributed by atoms with Gasteiger partial charge in [0.25, 0.3) is 0 Å². The Balaban J connectivity index is 0.00000196. The van der Waals surface area contributed by atoms with Gasteiger partial charge in [0, 0.05) is 6.04 Å². The molecule has 86 valence electrons. The highest BCUT2D eigenvalue weighted by atomic mass is 35.5. The third kappa shape index (κ3) is 3.73. The zero-order valence-corrected chi connectivity index (χ0v) is 10.6. The maximum atomic E-state index is 5.80. The minimum atomic E-state index is 0. The van der Waals surface area contributed by atoms with Gasteiger partial charge >= 0.3 is 0 Å². The van der Waals surface area contributed by atoms with Gasteiger partial charge in [0.15, 0.2) is 0 Å². The zero-order valence-electron chi connectivity index (χ0n) is 9.83. The predicted molar refractivity (Wildman–Crippen MR) is 67.1 cm³/mol. The van der Waals surface area contributed by atoms with Crippen LogP contribution in [0.3, 0.4) is 0 Å². The highest BCUT2D eigenvalue weighted by Crippen LogP contribution is 2.22. The summed E-state index contributed by atoms with van der Waals surface area (Å²) in [4.78, 5) is 0. The van der Waals surface area contributed by atoms with Gasteiger partial charge in [-0.05, 0) is 56.0 Å². The molecule has 0 aliphatic rings. The second-order valence-electron chi connectivity index (χ2n) is 3.92. The molecule has 0 aliphatic heterocycles. The van der Waals surface area contributed by atoms with Gasteiger partial charge in [-0.2, -0.15) is 0 Å². The van der Waals surface area contributed by atoms with Gasteiger partial charge < -0.3 is 10.5 Å². The van der Waals surface area contributed by atoms with Gasteiger partial charge in [0.1, 0.15) is 5.75 Å². The quantitative estimate of drug-likeness (QED) is 0.865. The van der Waals surface area contributed by atoms with Crippen molar-refractivity contribution in [1.29, 1.82) is 0 Å². The molecule has 2 nitrogen and oxygen atoms in total. The minimum absolute atomic E-state index is 0. The van der Waals surface area contributed by atoms with Crippen LogP contribution in [-0.2, 0) is 6.42 Å². The molecule has 0 radical (unpaired) electrons. The Bertz CT molecular complexity index is 300. The molecule has 1 aromatic carbocycles. The lowest BCUT2D eigenvalue weighted by atomic mass is 9.97. The molecular formula is C12H20ClNO. The number of nitrogens with two attached hydrogens (primary N) is 1. The van der Waals surface area contributed by atoms with Crippen molar-refractivity contribution in [3.63, 3.8) is 0 Å². The normalized spacial score (nSPS) is 11.8. The molecule has 1 aromatic rings. The molecule has 3 heteroatoms. The Labute approximate surface area is 98.2 Å². The average Bonchev–Trinajstić information content (AvgIpc) is 2.10. The third-order valence-corrected chi connectivity index (χ3v) is 2.43. The number of methoxy groups -OCH3 is 1. The largest absolute Gasteiger partial charge is 0.497 e. The summed E-state index contributed by atoms with van der Waals surface area (Å²) in [5, 5.41) is 0. The average molecular weight is 230 g/mol. The number of hydrogen-bond donors (Lipinski definition) is 1. The molecule has 0 bridgehead atoms. The fraction of sp³-hybridized carbons (Fsp3) is 0.500. The van der Waals surface area contributed by atoms with E-state index in [1.54, 1.807) is 7.11 Å². The highest BCUT2D eigenvalue weighted by Gasteiger charge is 2.07. The Morgan fingerprint density at radius 2 is 1.73 bits per heavy atom. The summed E-state index contributed by atoms with van der Waals surface area (Å²) in [7, 11) is 1.69. The number of halogens is 1. The van der Waals surface area contributed by atoms with Crippen molar-refractivity contribution in [2.45, 2.75) is 33.2 Å². The topological polar surface area (TPSA) is 35.2 Å². The van der Waals surface area contributed by atoms with Crippen molar-refractivity contribution in [3.8, 4) is 5.75 Å². The summed E-state index contributed by atoms with van der Waals surface area (Å²) < 4.78 is 5.20. The first-order valence-electron chi connectivity index (χ1n) is 4.94. The SMILES string of the molecule is COc1cc(C)c(CC(C)N)c(C)c1.Cl. The van der Waals surface area contributed by atoms with Crippen molar-refractivity contribution in [2.24, 2.45) is 5.73 Å². The fourth-order valence-electron chi connectivity index (χ4n) is 1.72. The molecule has 0 heterocycles. The number of rotatable bonds is 3. The summed E-state index contributed by atoms with van der Waals surface area (Å²) in [5.74, 6) is 0.924. The van der Waals surface area contributed by atoms with E-state index < -0.39 is 0 Å². The second-order valence-corrected chi connectivity index (χ2v) is 3.92. The summed E-state index contributed by atoms with van der Waals surface area (Å²) >= 11 is 0. The Morgan fingerprint density at radius 3 is 2.07 bits per heavy atom. The van der Waals surface area contributed by atoms with Crippen LogP contribution in [0.2, 0.25) is 0 Å². The molecule has 0 spiro atoms. The van der Waals surface area contributed by atoms with Crippen LogP contribution in [0.1, 0.15) is 23.6 Å². The van der Waals surface area contributed by atoms with Gasteiger partial charge in [-0.3, -0.25) is 0 Å². The lowest BCUT2D eigenvalue weighted by Gasteiger charge is -2.13. The molecule has 1 rings (SSSR count). The standard InChI is InChI=1S/C12H19NO.ClH/c1-8-5-11(14-4)6-9(2)12(8)7-10(3)13;/h5-6,10H,7,13H2,1-4H3;1H. The summed E-state index contributed by atoms with van der Waals surface area (Å²) in [6.45, 7) is 6.24. The number of benzene rings is 1. The summed E-state index contributed by atoms with van der Waals surface area (Å²) in [5.41, 5.74) is 9.68. The molecule has 0 fully saturated rings. The van der Waals surface area contributed by atoms with Gasteiger partial charge in [-0.15, -0.1) is 12.4 Å². The molecule has 1 unspecified atom stereocenters. The molecule has 0 aromatic heterocycles. The van der Waals surface area contributed by atoms with Crippen LogP contribution in [0, 0.1) is 13.8 Å². The van der Waals surface area contributed by atoms with Crippen LogP contribution >= 0.6 is 12.4 Å². The Kier molecular flexibility index (Phi) is 5.69. The Hall–Kier alpha value is -0.730. The fourth-order valence-corrected chi connectivity index (χ4v) is 1.72. The minimum Gasteiger partial charge on any atom is -0.497 e. The van der Waals surface area contributed by atoms with Crippen molar-refractivity contribution < 1.29 is 4.74 Å². The summed E-state index contributed by atoms with van der Waals surface area (Å²) in [6.07, 6.45) is 0.932. The van der Waals surface area contributed by atoms with Crippen LogP contribution in [-0.4, -0.2) is 13.2 Å². The zero-order chi connectivity index (χ0) is 10.7. The lowest BCUT2D eigenvalue weighted by molar-refractivity contribution is 0.414. The molecule has 2 N–H and O–H groups in total. The van der Waals surface area contributed by atoms with E-state index in [1.165, 1.54) is 16.7 Å². The van der Waals surface area contributed by atoms with Gasteiger partial charge in [-0.1, -0.05) is 0 Å². The Morgan fingerprint density at radius 1 is 1.27 bits per heavy atom. The molecule has 15 heavy (non-hydrogen) atoms. The van der Waals surface area contributed by atoms with E-state index in [-0.39, 0.29) is 18.4 Å². The molecule has 1 atom stereocenters. The van der Waals surface area contributed by atoms with E-state index in [4.69, 9.17) is 10.5 Å². The van der Waals surface area contributed by atoms with Gasteiger partial charge in [0.2, 0.25) is 0 Å². The van der Waals surface area contributed by atoms with Gasteiger partial charge in [0.05, 0.1) is 7.11 Å². The maximum absolute atomic E-state index is 5.80. The lowest BCUT2D eigenvalue weighted by Crippen LogP contribution is -2.19. The van der Waals surface area contributed by atoms with Crippen molar-refractivity contribution in [3.05, 3.63) is 28.8 Å². The molecule has 0 aliphatic carbocycles. The van der Waals surface area contributed by atoms with Crippen molar-refractivity contribution in [2.75, 3.05) is 7.11 Å². The molecule has 0 saturated heterocycles.